The normalized spacial score (nSPS) is 10.8. The van der Waals surface area contributed by atoms with E-state index in [-0.39, 0.29) is 11.4 Å². The van der Waals surface area contributed by atoms with Crippen LogP contribution in [0.4, 0.5) is 8.78 Å². The summed E-state index contributed by atoms with van der Waals surface area (Å²) in [4.78, 5) is 3.89. The van der Waals surface area contributed by atoms with Gasteiger partial charge in [0.2, 0.25) is 0 Å². The van der Waals surface area contributed by atoms with E-state index in [1.807, 2.05) is 0 Å². The van der Waals surface area contributed by atoms with Crippen molar-refractivity contribution in [3.63, 3.8) is 0 Å². The Balaban J connectivity index is 3.03. The van der Waals surface area contributed by atoms with Gasteiger partial charge in [-0.15, -0.1) is 11.6 Å². The van der Waals surface area contributed by atoms with Crippen molar-refractivity contribution in [3.05, 3.63) is 27.1 Å². The molecule has 0 atom stereocenters. The number of aromatic nitrogens is 1. The van der Waals surface area contributed by atoms with Crippen LogP contribution in [0.2, 0.25) is 0 Å². The third kappa shape index (κ3) is 2.26. The van der Waals surface area contributed by atoms with Crippen LogP contribution >= 0.6 is 34.2 Å². The number of nitrogens with zero attached hydrogens (tertiary/aromatic N) is 1. The highest BCUT2D eigenvalue weighted by atomic mass is 127. The van der Waals surface area contributed by atoms with Crippen LogP contribution in [0.1, 0.15) is 17.7 Å². The molecule has 0 radical (unpaired) electrons. The molecule has 0 aliphatic carbocycles. The molecule has 1 rings (SSSR count). The first kappa shape index (κ1) is 10.1. The predicted molar refractivity (Wildman–Crippen MR) is 51.5 cm³/mol. The van der Waals surface area contributed by atoms with E-state index in [1.165, 1.54) is 12.1 Å². The Labute approximate surface area is 87.3 Å². The van der Waals surface area contributed by atoms with E-state index in [9.17, 15) is 8.78 Å². The van der Waals surface area contributed by atoms with Crippen molar-refractivity contribution >= 4 is 34.2 Å². The second kappa shape index (κ2) is 4.32. The van der Waals surface area contributed by atoms with Crippen molar-refractivity contribution < 1.29 is 8.78 Å². The average Bonchev–Trinajstić information content (AvgIpc) is 2.03. The minimum atomic E-state index is -2.46. The minimum Gasteiger partial charge on any atom is -0.245 e. The van der Waals surface area contributed by atoms with Crippen molar-refractivity contribution in [2.75, 3.05) is 0 Å². The quantitative estimate of drug-likeness (QED) is 0.464. The molecule has 0 saturated heterocycles. The number of pyridine rings is 1. The van der Waals surface area contributed by atoms with Gasteiger partial charge in [-0.05, 0) is 34.7 Å². The Morgan fingerprint density at radius 2 is 2.17 bits per heavy atom. The fourth-order valence-corrected chi connectivity index (χ4v) is 1.59. The van der Waals surface area contributed by atoms with Crippen LogP contribution in [0.25, 0.3) is 0 Å². The lowest BCUT2D eigenvalue weighted by atomic mass is 10.3. The average molecular weight is 303 g/mol. The molecule has 5 heteroatoms. The van der Waals surface area contributed by atoms with Crippen LogP contribution in [0.15, 0.2) is 12.1 Å². The van der Waals surface area contributed by atoms with Gasteiger partial charge in [0, 0.05) is 5.56 Å². The molecule has 1 aromatic rings. The lowest BCUT2D eigenvalue weighted by Gasteiger charge is -2.02. The third-order valence-electron chi connectivity index (χ3n) is 1.31. The number of halogens is 4. The zero-order valence-electron chi connectivity index (χ0n) is 5.90. The lowest BCUT2D eigenvalue weighted by molar-refractivity contribution is 0.150. The van der Waals surface area contributed by atoms with Gasteiger partial charge in [-0.1, -0.05) is 0 Å². The number of hydrogen-bond acceptors (Lipinski definition) is 1. The van der Waals surface area contributed by atoms with Crippen LogP contribution < -0.4 is 0 Å². The maximum Gasteiger partial charge on any atom is 0.266 e. The number of hydrogen-bond donors (Lipinski definition) is 0. The molecule has 0 aliphatic heterocycles. The van der Waals surface area contributed by atoms with Crippen LogP contribution in [0.3, 0.4) is 0 Å². The summed E-state index contributed by atoms with van der Waals surface area (Å²) < 4.78 is 24.7. The Morgan fingerprint density at radius 3 is 2.58 bits per heavy atom. The molecule has 0 saturated carbocycles. The van der Waals surface area contributed by atoms with Crippen LogP contribution in [0, 0.1) is 3.70 Å². The molecule has 0 fully saturated rings. The largest absolute Gasteiger partial charge is 0.266 e. The zero-order valence-corrected chi connectivity index (χ0v) is 8.81. The van der Waals surface area contributed by atoms with Gasteiger partial charge >= 0.3 is 0 Å². The summed E-state index contributed by atoms with van der Waals surface area (Å²) in [5.41, 5.74) is 0.579. The fraction of sp³-hybridized carbons (Fsp3) is 0.286. The minimum absolute atomic E-state index is 0.0375. The molecule has 0 aliphatic rings. The first-order valence-electron chi connectivity index (χ1n) is 3.14. The summed E-state index contributed by atoms with van der Waals surface area (Å²) in [6, 6.07) is 2.87. The third-order valence-corrected chi connectivity index (χ3v) is 2.45. The van der Waals surface area contributed by atoms with E-state index in [1.54, 1.807) is 22.6 Å². The zero-order chi connectivity index (χ0) is 9.14. The number of alkyl halides is 3. The Kier molecular flexibility index (Phi) is 3.64. The SMILES string of the molecule is FC(F)c1ccc(CCl)nc1I. The summed E-state index contributed by atoms with van der Waals surface area (Å²) in [6.07, 6.45) is -2.46. The molecule has 1 aromatic heterocycles. The van der Waals surface area contributed by atoms with Gasteiger partial charge in [-0.2, -0.15) is 0 Å². The summed E-state index contributed by atoms with van der Waals surface area (Å²) in [6.45, 7) is 0. The molecule has 0 aromatic carbocycles. The van der Waals surface area contributed by atoms with Gasteiger partial charge in [-0.25, -0.2) is 13.8 Å². The fourth-order valence-electron chi connectivity index (χ4n) is 0.720. The smallest absolute Gasteiger partial charge is 0.245 e. The van der Waals surface area contributed by atoms with Crippen LogP contribution in [0.5, 0.6) is 0 Å². The monoisotopic (exact) mass is 303 g/mol. The molecule has 0 unspecified atom stereocenters. The summed E-state index contributed by atoms with van der Waals surface area (Å²) in [5, 5.41) is 0. The van der Waals surface area contributed by atoms with Crippen molar-refractivity contribution in [1.82, 2.24) is 4.98 Å². The Hall–Kier alpha value is 0.0300. The predicted octanol–water partition coefficient (Wildman–Crippen LogP) is 3.36. The van der Waals surface area contributed by atoms with Gasteiger partial charge in [0.15, 0.2) is 0 Å². The molecular weight excluding hydrogens is 298 g/mol. The molecule has 66 valence electrons. The molecule has 1 heterocycles. The van der Waals surface area contributed by atoms with Gasteiger partial charge in [-0.3, -0.25) is 0 Å². The summed E-state index contributed by atoms with van der Waals surface area (Å²) >= 11 is 7.25. The molecule has 0 amide bonds. The molecule has 0 bridgehead atoms. The Bertz CT molecular complexity index is 280. The summed E-state index contributed by atoms with van der Waals surface area (Å²) in [5.74, 6) is 0.250. The van der Waals surface area contributed by atoms with Gasteiger partial charge < -0.3 is 0 Å². The standard InChI is InChI=1S/C7H5ClF2IN/c8-3-4-1-2-5(6(9)10)7(11)12-4/h1-2,6H,3H2. The first-order valence-corrected chi connectivity index (χ1v) is 4.76. The van der Waals surface area contributed by atoms with E-state index in [4.69, 9.17) is 11.6 Å². The molecule has 0 spiro atoms. The van der Waals surface area contributed by atoms with Gasteiger partial charge in [0.1, 0.15) is 3.70 Å². The maximum atomic E-state index is 12.2. The van der Waals surface area contributed by atoms with Crippen molar-refractivity contribution in [2.45, 2.75) is 12.3 Å². The maximum absolute atomic E-state index is 12.2. The van der Waals surface area contributed by atoms with Crippen molar-refractivity contribution in [1.29, 1.82) is 0 Å². The highest BCUT2D eigenvalue weighted by Gasteiger charge is 2.12. The second-order valence-electron chi connectivity index (χ2n) is 2.12. The highest BCUT2D eigenvalue weighted by molar-refractivity contribution is 14.1. The van der Waals surface area contributed by atoms with Gasteiger partial charge in [0.25, 0.3) is 6.43 Å². The number of rotatable bonds is 2. The van der Waals surface area contributed by atoms with E-state index in [0.717, 1.165) is 0 Å². The molecular formula is C7H5ClF2IN. The molecule has 0 N–H and O–H groups in total. The van der Waals surface area contributed by atoms with Crippen LogP contribution in [-0.4, -0.2) is 4.98 Å². The van der Waals surface area contributed by atoms with E-state index < -0.39 is 6.43 Å². The second-order valence-corrected chi connectivity index (χ2v) is 3.41. The van der Waals surface area contributed by atoms with Gasteiger partial charge in [0.05, 0.1) is 11.6 Å². The van der Waals surface area contributed by atoms with Crippen molar-refractivity contribution in [3.8, 4) is 0 Å². The lowest BCUT2D eigenvalue weighted by Crippen LogP contribution is -1.95. The summed E-state index contributed by atoms with van der Waals surface area (Å²) in [7, 11) is 0. The van der Waals surface area contributed by atoms with E-state index >= 15 is 0 Å². The van der Waals surface area contributed by atoms with Crippen molar-refractivity contribution in [2.24, 2.45) is 0 Å². The van der Waals surface area contributed by atoms with E-state index in [2.05, 4.69) is 4.98 Å². The topological polar surface area (TPSA) is 12.9 Å². The van der Waals surface area contributed by atoms with Crippen LogP contribution in [-0.2, 0) is 5.88 Å². The first-order chi connectivity index (χ1) is 5.65. The molecule has 12 heavy (non-hydrogen) atoms. The highest BCUT2D eigenvalue weighted by Crippen LogP contribution is 2.23. The molecule has 1 nitrogen and oxygen atoms in total. The van der Waals surface area contributed by atoms with E-state index in [0.29, 0.717) is 9.39 Å². The Morgan fingerprint density at radius 1 is 1.50 bits per heavy atom.